The van der Waals surface area contributed by atoms with Crippen molar-refractivity contribution in [3.8, 4) is 0 Å². The Balaban J connectivity index is 2.22. The average molecular weight is 191 g/mol. The molecule has 2 heteroatoms. The van der Waals surface area contributed by atoms with Gasteiger partial charge in [0.2, 0.25) is 0 Å². The molecule has 0 aromatic heterocycles. The fourth-order valence-electron chi connectivity index (χ4n) is 1.96. The summed E-state index contributed by atoms with van der Waals surface area (Å²) in [6, 6.07) is 7.15. The van der Waals surface area contributed by atoms with Gasteiger partial charge in [-0.05, 0) is 37.0 Å². The minimum atomic E-state index is 0.607. The molecule has 1 N–H and O–H groups in total. The normalized spacial score (nSPS) is 20.0. The number of anilines is 1. The molecule has 1 aromatic rings. The summed E-state index contributed by atoms with van der Waals surface area (Å²) in [5, 5.41) is 3.49. The molecule has 1 unspecified atom stereocenters. The van der Waals surface area contributed by atoms with Crippen molar-refractivity contribution < 1.29 is 4.74 Å². The predicted molar refractivity (Wildman–Crippen MR) is 58.6 cm³/mol. The molecule has 14 heavy (non-hydrogen) atoms. The number of rotatable bonds is 2. The zero-order chi connectivity index (χ0) is 9.97. The lowest BCUT2D eigenvalue weighted by atomic mass is 9.97. The van der Waals surface area contributed by atoms with Crippen LogP contribution in [0.2, 0.25) is 0 Å². The quantitative estimate of drug-likeness (QED) is 0.775. The largest absolute Gasteiger partial charge is 0.382 e. The SMILES string of the molecule is COCc1ccc2c(c1)CCC(C)N2. The van der Waals surface area contributed by atoms with Crippen LogP contribution in [-0.4, -0.2) is 13.2 Å². The summed E-state index contributed by atoms with van der Waals surface area (Å²) in [5.74, 6) is 0. The van der Waals surface area contributed by atoms with E-state index in [1.54, 1.807) is 7.11 Å². The number of aryl methyl sites for hydroxylation is 1. The van der Waals surface area contributed by atoms with E-state index >= 15 is 0 Å². The van der Waals surface area contributed by atoms with E-state index in [2.05, 4.69) is 30.4 Å². The van der Waals surface area contributed by atoms with Gasteiger partial charge in [0.25, 0.3) is 0 Å². The van der Waals surface area contributed by atoms with Gasteiger partial charge >= 0.3 is 0 Å². The van der Waals surface area contributed by atoms with Crippen molar-refractivity contribution in [1.82, 2.24) is 0 Å². The van der Waals surface area contributed by atoms with Gasteiger partial charge in [-0.3, -0.25) is 0 Å². The minimum absolute atomic E-state index is 0.607. The molecule has 2 rings (SSSR count). The van der Waals surface area contributed by atoms with E-state index in [-0.39, 0.29) is 0 Å². The van der Waals surface area contributed by atoms with Crippen molar-refractivity contribution in [2.45, 2.75) is 32.4 Å². The highest BCUT2D eigenvalue weighted by molar-refractivity contribution is 5.55. The Morgan fingerprint density at radius 2 is 2.36 bits per heavy atom. The van der Waals surface area contributed by atoms with Crippen molar-refractivity contribution in [2.75, 3.05) is 12.4 Å². The van der Waals surface area contributed by atoms with Gasteiger partial charge in [0.15, 0.2) is 0 Å². The van der Waals surface area contributed by atoms with Crippen molar-refractivity contribution in [3.63, 3.8) is 0 Å². The minimum Gasteiger partial charge on any atom is -0.382 e. The van der Waals surface area contributed by atoms with E-state index in [4.69, 9.17) is 4.74 Å². The number of methoxy groups -OCH3 is 1. The van der Waals surface area contributed by atoms with E-state index in [0.29, 0.717) is 12.6 Å². The maximum Gasteiger partial charge on any atom is 0.0713 e. The molecule has 0 aliphatic carbocycles. The Morgan fingerprint density at radius 1 is 1.50 bits per heavy atom. The van der Waals surface area contributed by atoms with Gasteiger partial charge < -0.3 is 10.1 Å². The molecule has 0 saturated heterocycles. The van der Waals surface area contributed by atoms with Crippen LogP contribution in [0.1, 0.15) is 24.5 Å². The van der Waals surface area contributed by atoms with E-state index in [1.807, 2.05) is 0 Å². The fourth-order valence-corrected chi connectivity index (χ4v) is 1.96. The smallest absolute Gasteiger partial charge is 0.0713 e. The van der Waals surface area contributed by atoms with Crippen LogP contribution in [0.5, 0.6) is 0 Å². The highest BCUT2D eigenvalue weighted by Gasteiger charge is 2.13. The number of benzene rings is 1. The van der Waals surface area contributed by atoms with Gasteiger partial charge in [-0.2, -0.15) is 0 Å². The monoisotopic (exact) mass is 191 g/mol. The van der Waals surface area contributed by atoms with E-state index in [9.17, 15) is 0 Å². The van der Waals surface area contributed by atoms with Gasteiger partial charge in [0, 0.05) is 18.8 Å². The summed E-state index contributed by atoms with van der Waals surface area (Å²) in [6.45, 7) is 2.94. The van der Waals surface area contributed by atoms with Gasteiger partial charge in [0.05, 0.1) is 6.61 Å². The lowest BCUT2D eigenvalue weighted by Gasteiger charge is -2.24. The second kappa shape index (κ2) is 4.01. The van der Waals surface area contributed by atoms with Crippen LogP contribution in [0, 0.1) is 0 Å². The number of ether oxygens (including phenoxy) is 1. The van der Waals surface area contributed by atoms with Crippen molar-refractivity contribution >= 4 is 5.69 Å². The van der Waals surface area contributed by atoms with Crippen LogP contribution in [0.25, 0.3) is 0 Å². The second-order valence-corrected chi connectivity index (χ2v) is 4.01. The third-order valence-electron chi connectivity index (χ3n) is 2.73. The van der Waals surface area contributed by atoms with Crippen LogP contribution >= 0.6 is 0 Å². The lowest BCUT2D eigenvalue weighted by molar-refractivity contribution is 0.185. The maximum absolute atomic E-state index is 5.12. The molecule has 0 radical (unpaired) electrons. The molecule has 0 saturated carbocycles. The predicted octanol–water partition coefficient (Wildman–Crippen LogP) is 2.58. The molecule has 0 amide bonds. The molecule has 1 heterocycles. The fraction of sp³-hybridized carbons (Fsp3) is 0.500. The molecule has 76 valence electrons. The lowest BCUT2D eigenvalue weighted by Crippen LogP contribution is -2.21. The summed E-state index contributed by atoms with van der Waals surface area (Å²) in [6.07, 6.45) is 2.41. The highest BCUT2D eigenvalue weighted by Crippen LogP contribution is 2.25. The third-order valence-corrected chi connectivity index (χ3v) is 2.73. The Bertz CT molecular complexity index is 322. The first-order chi connectivity index (χ1) is 6.79. The average Bonchev–Trinajstić information content (AvgIpc) is 2.19. The second-order valence-electron chi connectivity index (χ2n) is 4.01. The number of hydrogen-bond donors (Lipinski definition) is 1. The van der Waals surface area contributed by atoms with Gasteiger partial charge in [0.1, 0.15) is 0 Å². The third kappa shape index (κ3) is 1.90. The molecule has 0 bridgehead atoms. The molecular formula is C12H17NO. The van der Waals surface area contributed by atoms with Crippen LogP contribution in [0.4, 0.5) is 5.69 Å². The maximum atomic E-state index is 5.12. The first-order valence-electron chi connectivity index (χ1n) is 5.17. The highest BCUT2D eigenvalue weighted by atomic mass is 16.5. The Morgan fingerprint density at radius 3 is 3.14 bits per heavy atom. The first kappa shape index (κ1) is 9.53. The van der Waals surface area contributed by atoms with E-state index in [0.717, 1.165) is 0 Å². The molecule has 0 spiro atoms. The van der Waals surface area contributed by atoms with Gasteiger partial charge in [-0.15, -0.1) is 0 Å². The molecular weight excluding hydrogens is 174 g/mol. The van der Waals surface area contributed by atoms with Gasteiger partial charge in [-0.1, -0.05) is 12.1 Å². The summed E-state index contributed by atoms with van der Waals surface area (Å²) >= 11 is 0. The number of nitrogens with one attached hydrogen (secondary N) is 1. The number of fused-ring (bicyclic) bond motifs is 1. The molecule has 2 nitrogen and oxygen atoms in total. The Kier molecular flexibility index (Phi) is 2.73. The van der Waals surface area contributed by atoms with E-state index < -0.39 is 0 Å². The van der Waals surface area contributed by atoms with Crippen LogP contribution in [0.3, 0.4) is 0 Å². The summed E-state index contributed by atoms with van der Waals surface area (Å²) in [7, 11) is 1.74. The summed E-state index contributed by atoms with van der Waals surface area (Å²) in [5.41, 5.74) is 3.99. The molecule has 1 aliphatic rings. The molecule has 0 fully saturated rings. The van der Waals surface area contributed by atoms with Gasteiger partial charge in [-0.25, -0.2) is 0 Å². The molecule has 1 atom stereocenters. The zero-order valence-electron chi connectivity index (χ0n) is 8.84. The topological polar surface area (TPSA) is 21.3 Å². The standard InChI is InChI=1S/C12H17NO/c1-9-3-5-11-7-10(8-14-2)4-6-12(11)13-9/h4,6-7,9,13H,3,5,8H2,1-2H3. The molecule has 1 aliphatic heterocycles. The summed E-state index contributed by atoms with van der Waals surface area (Å²) in [4.78, 5) is 0. The van der Waals surface area contributed by atoms with Crippen molar-refractivity contribution in [2.24, 2.45) is 0 Å². The van der Waals surface area contributed by atoms with Crippen LogP contribution in [0.15, 0.2) is 18.2 Å². The van der Waals surface area contributed by atoms with E-state index in [1.165, 1.54) is 29.7 Å². The molecule has 1 aromatic carbocycles. The number of hydrogen-bond acceptors (Lipinski definition) is 2. The Labute approximate surface area is 85.3 Å². The van der Waals surface area contributed by atoms with Crippen molar-refractivity contribution in [3.05, 3.63) is 29.3 Å². The summed E-state index contributed by atoms with van der Waals surface area (Å²) < 4.78 is 5.12. The van der Waals surface area contributed by atoms with Crippen LogP contribution in [-0.2, 0) is 17.8 Å². The first-order valence-corrected chi connectivity index (χ1v) is 5.17. The zero-order valence-corrected chi connectivity index (χ0v) is 8.84. The van der Waals surface area contributed by atoms with Crippen molar-refractivity contribution in [1.29, 1.82) is 0 Å². The van der Waals surface area contributed by atoms with Crippen LogP contribution < -0.4 is 5.32 Å². The Hall–Kier alpha value is -1.02.